The van der Waals surface area contributed by atoms with Crippen molar-refractivity contribution < 1.29 is 14.7 Å². The normalized spacial score (nSPS) is 16.0. The van der Waals surface area contributed by atoms with Gasteiger partial charge in [-0.25, -0.2) is 4.79 Å². The van der Waals surface area contributed by atoms with Crippen molar-refractivity contribution in [2.24, 2.45) is 0 Å². The van der Waals surface area contributed by atoms with Crippen molar-refractivity contribution in [2.75, 3.05) is 11.4 Å². The summed E-state index contributed by atoms with van der Waals surface area (Å²) in [6.45, 7) is 3.69. The Labute approximate surface area is 118 Å². The third-order valence-electron chi connectivity index (χ3n) is 3.81. The van der Waals surface area contributed by atoms with Crippen LogP contribution in [-0.2, 0) is 16.0 Å². The Hall–Kier alpha value is -2.10. The molecule has 4 nitrogen and oxygen atoms in total. The van der Waals surface area contributed by atoms with Gasteiger partial charge in [0.05, 0.1) is 0 Å². The van der Waals surface area contributed by atoms with Gasteiger partial charge in [0.1, 0.15) is 0 Å². The number of amides is 1. The molecule has 1 amide bonds. The minimum absolute atomic E-state index is 0.108. The lowest BCUT2D eigenvalue weighted by molar-refractivity contribution is -0.133. The number of carboxylic acids is 1. The van der Waals surface area contributed by atoms with Crippen LogP contribution in [0.25, 0.3) is 0 Å². The molecule has 0 saturated heterocycles. The van der Waals surface area contributed by atoms with Gasteiger partial charge in [0, 0.05) is 23.4 Å². The molecule has 1 aromatic carbocycles. The molecule has 1 aliphatic rings. The second-order valence-electron chi connectivity index (χ2n) is 5.10. The van der Waals surface area contributed by atoms with E-state index in [4.69, 9.17) is 5.11 Å². The van der Waals surface area contributed by atoms with Crippen molar-refractivity contribution in [3.63, 3.8) is 0 Å². The quantitative estimate of drug-likeness (QED) is 0.843. The summed E-state index contributed by atoms with van der Waals surface area (Å²) in [6, 6.07) is 7.84. The molecule has 106 valence electrons. The molecule has 1 aliphatic heterocycles. The Morgan fingerprint density at radius 2 is 1.80 bits per heavy atom. The molecule has 0 bridgehead atoms. The number of carbonyl (C=O) groups excluding carboxylic acids is 1. The molecule has 0 aliphatic carbocycles. The Balaban J connectivity index is 2.40. The number of para-hydroxylation sites is 1. The molecule has 1 aromatic rings. The maximum absolute atomic E-state index is 12.6. The number of hydrogen-bond donors (Lipinski definition) is 1. The number of nitrogens with zero attached hydrogens (tertiary/aromatic N) is 1. The standard InChI is InChI=1S/C16H19NO3/c1-11(12(2)16(19)20)15(18)17-10-6-5-8-13-7-3-4-9-14(13)17/h3-4,7,9H,5-6,8,10H2,1-2H3,(H,19,20). The predicted molar refractivity (Wildman–Crippen MR) is 77.7 cm³/mol. The zero-order chi connectivity index (χ0) is 14.7. The second kappa shape index (κ2) is 5.90. The fraction of sp³-hybridized carbons (Fsp3) is 0.375. The average Bonchev–Trinajstić information content (AvgIpc) is 2.67. The first kappa shape index (κ1) is 14.3. The molecule has 20 heavy (non-hydrogen) atoms. The van der Waals surface area contributed by atoms with E-state index in [1.54, 1.807) is 11.8 Å². The number of hydrogen-bond acceptors (Lipinski definition) is 2. The highest BCUT2D eigenvalue weighted by atomic mass is 16.4. The number of aryl methyl sites for hydroxylation is 1. The van der Waals surface area contributed by atoms with Gasteiger partial charge in [0.25, 0.3) is 5.91 Å². The summed E-state index contributed by atoms with van der Waals surface area (Å²) in [7, 11) is 0. The van der Waals surface area contributed by atoms with Gasteiger partial charge in [-0.1, -0.05) is 18.2 Å². The number of carbonyl (C=O) groups is 2. The van der Waals surface area contributed by atoms with Crippen molar-refractivity contribution in [2.45, 2.75) is 33.1 Å². The Bertz CT molecular complexity index is 575. The van der Waals surface area contributed by atoms with E-state index >= 15 is 0 Å². The highest BCUT2D eigenvalue weighted by Crippen LogP contribution is 2.27. The Morgan fingerprint density at radius 3 is 2.50 bits per heavy atom. The maximum atomic E-state index is 12.6. The molecule has 0 fully saturated rings. The summed E-state index contributed by atoms with van der Waals surface area (Å²) in [4.78, 5) is 25.3. The van der Waals surface area contributed by atoms with Crippen LogP contribution < -0.4 is 4.90 Å². The summed E-state index contributed by atoms with van der Waals surface area (Å²) in [5, 5.41) is 9.02. The Morgan fingerprint density at radius 1 is 1.10 bits per heavy atom. The summed E-state index contributed by atoms with van der Waals surface area (Å²) in [5.41, 5.74) is 2.47. The maximum Gasteiger partial charge on any atom is 0.331 e. The highest BCUT2D eigenvalue weighted by molar-refractivity contribution is 6.09. The van der Waals surface area contributed by atoms with Crippen LogP contribution in [0.5, 0.6) is 0 Å². The van der Waals surface area contributed by atoms with Gasteiger partial charge < -0.3 is 10.0 Å². The molecular weight excluding hydrogens is 254 g/mol. The molecule has 1 N–H and O–H groups in total. The molecule has 0 saturated carbocycles. The van der Waals surface area contributed by atoms with Crippen molar-refractivity contribution in [3.8, 4) is 0 Å². The lowest BCUT2D eigenvalue weighted by Crippen LogP contribution is -2.33. The van der Waals surface area contributed by atoms with E-state index in [0.717, 1.165) is 30.5 Å². The minimum atomic E-state index is -1.04. The monoisotopic (exact) mass is 273 g/mol. The molecule has 4 heteroatoms. The molecular formula is C16H19NO3. The first-order valence-electron chi connectivity index (χ1n) is 6.83. The van der Waals surface area contributed by atoms with Crippen molar-refractivity contribution >= 4 is 17.6 Å². The molecule has 2 rings (SSSR count). The zero-order valence-electron chi connectivity index (χ0n) is 11.8. The van der Waals surface area contributed by atoms with Gasteiger partial charge in [-0.3, -0.25) is 4.79 Å². The van der Waals surface area contributed by atoms with Gasteiger partial charge in [-0.2, -0.15) is 0 Å². The van der Waals surface area contributed by atoms with Crippen LogP contribution in [0.3, 0.4) is 0 Å². The van der Waals surface area contributed by atoms with E-state index in [0.29, 0.717) is 12.1 Å². The molecule has 0 unspecified atom stereocenters. The number of benzene rings is 1. The topological polar surface area (TPSA) is 57.6 Å². The van der Waals surface area contributed by atoms with Crippen LogP contribution in [0.4, 0.5) is 5.69 Å². The molecule has 1 heterocycles. The fourth-order valence-corrected chi connectivity index (χ4v) is 2.43. The summed E-state index contributed by atoms with van der Waals surface area (Å²) < 4.78 is 0. The third kappa shape index (κ3) is 2.74. The van der Waals surface area contributed by atoms with Crippen LogP contribution in [0, 0.1) is 0 Å². The van der Waals surface area contributed by atoms with Crippen molar-refractivity contribution in [1.29, 1.82) is 0 Å². The molecule has 0 radical (unpaired) electrons. The fourth-order valence-electron chi connectivity index (χ4n) is 2.43. The lowest BCUT2D eigenvalue weighted by atomic mass is 10.1. The summed E-state index contributed by atoms with van der Waals surface area (Å²) in [6.07, 6.45) is 2.93. The summed E-state index contributed by atoms with van der Waals surface area (Å²) >= 11 is 0. The van der Waals surface area contributed by atoms with E-state index in [1.165, 1.54) is 6.92 Å². The number of anilines is 1. The van der Waals surface area contributed by atoms with Gasteiger partial charge in [0.2, 0.25) is 0 Å². The van der Waals surface area contributed by atoms with Gasteiger partial charge in [-0.05, 0) is 44.7 Å². The van der Waals surface area contributed by atoms with Crippen molar-refractivity contribution in [3.05, 3.63) is 41.0 Å². The number of fused-ring (bicyclic) bond motifs is 1. The Kier molecular flexibility index (Phi) is 4.23. The van der Waals surface area contributed by atoms with E-state index in [1.807, 2.05) is 24.3 Å². The van der Waals surface area contributed by atoms with Crippen LogP contribution in [0.2, 0.25) is 0 Å². The summed E-state index contributed by atoms with van der Waals surface area (Å²) in [5.74, 6) is -1.25. The average molecular weight is 273 g/mol. The molecule has 0 spiro atoms. The predicted octanol–water partition coefficient (Wildman–Crippen LogP) is 2.78. The van der Waals surface area contributed by atoms with Gasteiger partial charge >= 0.3 is 5.97 Å². The minimum Gasteiger partial charge on any atom is -0.478 e. The van der Waals surface area contributed by atoms with Crippen LogP contribution in [0.1, 0.15) is 32.3 Å². The largest absolute Gasteiger partial charge is 0.478 e. The van der Waals surface area contributed by atoms with E-state index < -0.39 is 5.97 Å². The SMILES string of the molecule is CC(C(=O)O)=C(C)C(=O)N1CCCCc2ccccc21. The van der Waals surface area contributed by atoms with Crippen LogP contribution >= 0.6 is 0 Å². The highest BCUT2D eigenvalue weighted by Gasteiger charge is 2.23. The first-order chi connectivity index (χ1) is 9.52. The second-order valence-corrected chi connectivity index (χ2v) is 5.10. The first-order valence-corrected chi connectivity index (χ1v) is 6.83. The van der Waals surface area contributed by atoms with Crippen molar-refractivity contribution in [1.82, 2.24) is 0 Å². The van der Waals surface area contributed by atoms with Gasteiger partial charge in [0.15, 0.2) is 0 Å². The van der Waals surface area contributed by atoms with E-state index in [2.05, 4.69) is 0 Å². The van der Waals surface area contributed by atoms with Crippen LogP contribution in [-0.4, -0.2) is 23.5 Å². The van der Waals surface area contributed by atoms with E-state index in [-0.39, 0.29) is 11.5 Å². The number of aliphatic carboxylic acids is 1. The lowest BCUT2D eigenvalue weighted by Gasteiger charge is -2.23. The zero-order valence-corrected chi connectivity index (χ0v) is 11.8. The third-order valence-corrected chi connectivity index (χ3v) is 3.81. The van der Waals surface area contributed by atoms with E-state index in [9.17, 15) is 9.59 Å². The molecule has 0 aromatic heterocycles. The number of carboxylic acid groups (broad SMARTS) is 1. The number of rotatable bonds is 2. The smallest absolute Gasteiger partial charge is 0.331 e. The molecule has 0 atom stereocenters. The van der Waals surface area contributed by atoms with Crippen LogP contribution in [0.15, 0.2) is 35.4 Å². The van der Waals surface area contributed by atoms with Gasteiger partial charge in [-0.15, -0.1) is 0 Å².